The smallest absolute Gasteiger partial charge is 0.333 e. The molecule has 0 aliphatic rings. The van der Waals surface area contributed by atoms with Crippen molar-refractivity contribution >= 4 is 17.6 Å². The van der Waals surface area contributed by atoms with Crippen LogP contribution in [0.2, 0.25) is 5.02 Å². The number of carbonyl (C=O) groups is 1. The van der Waals surface area contributed by atoms with E-state index in [4.69, 9.17) is 17.3 Å². The molecule has 2 N–H and O–H groups in total. The van der Waals surface area contributed by atoms with Crippen LogP contribution >= 0.6 is 11.6 Å². The van der Waals surface area contributed by atoms with Gasteiger partial charge in [0.2, 0.25) is 0 Å². The van der Waals surface area contributed by atoms with Crippen molar-refractivity contribution in [2.24, 2.45) is 0 Å². The summed E-state index contributed by atoms with van der Waals surface area (Å²) in [4.78, 5) is 10.2. The minimum absolute atomic E-state index is 0.350. The van der Waals surface area contributed by atoms with Crippen molar-refractivity contribution in [3.05, 3.63) is 34.9 Å². The number of amides is 2. The summed E-state index contributed by atoms with van der Waals surface area (Å²) in [6.45, 7) is 0.350. The molecule has 0 aliphatic carbocycles. The van der Waals surface area contributed by atoms with Crippen molar-refractivity contribution < 1.29 is 4.79 Å². The van der Waals surface area contributed by atoms with Crippen LogP contribution in [-0.2, 0) is 6.54 Å². The third-order valence-corrected chi connectivity index (χ3v) is 1.58. The van der Waals surface area contributed by atoms with Crippen molar-refractivity contribution in [3.63, 3.8) is 0 Å². The van der Waals surface area contributed by atoms with Gasteiger partial charge in [0.1, 0.15) is 0 Å². The standard InChI is InChI=1S/C8H8ClN2O/c9-7-3-1-2-6(4-7)5-11-8(10)12/h1-4,10H,5H2,(H,11,12). The molecule has 0 heterocycles. The molecule has 4 heteroatoms. The van der Waals surface area contributed by atoms with Crippen LogP contribution in [0.5, 0.6) is 0 Å². The van der Waals surface area contributed by atoms with E-state index >= 15 is 0 Å². The Labute approximate surface area is 75.5 Å². The fraction of sp³-hybridized carbons (Fsp3) is 0.125. The lowest BCUT2D eigenvalue weighted by Crippen LogP contribution is -2.21. The molecule has 1 radical (unpaired) electrons. The SMILES string of the molecule is [NH]C(=O)NCc1cccc(Cl)c1. The molecule has 1 rings (SSSR count). The van der Waals surface area contributed by atoms with Gasteiger partial charge in [0.15, 0.2) is 0 Å². The highest BCUT2D eigenvalue weighted by Crippen LogP contribution is 2.09. The average molecular weight is 184 g/mol. The molecule has 3 nitrogen and oxygen atoms in total. The van der Waals surface area contributed by atoms with Gasteiger partial charge in [0.05, 0.1) is 0 Å². The summed E-state index contributed by atoms with van der Waals surface area (Å²) >= 11 is 5.70. The van der Waals surface area contributed by atoms with E-state index in [0.717, 1.165) is 5.56 Å². The Morgan fingerprint density at radius 2 is 2.33 bits per heavy atom. The van der Waals surface area contributed by atoms with E-state index in [9.17, 15) is 4.79 Å². The Kier molecular flexibility index (Phi) is 2.94. The van der Waals surface area contributed by atoms with Crippen LogP contribution in [0.1, 0.15) is 5.56 Å². The zero-order valence-corrected chi connectivity index (χ0v) is 7.06. The number of hydrogen-bond acceptors (Lipinski definition) is 1. The minimum atomic E-state index is -0.782. The number of urea groups is 1. The van der Waals surface area contributed by atoms with Crippen LogP contribution in [0.3, 0.4) is 0 Å². The first-order valence-electron chi connectivity index (χ1n) is 3.42. The molecule has 1 aromatic rings. The fourth-order valence-electron chi connectivity index (χ4n) is 0.829. The molecule has 0 fully saturated rings. The van der Waals surface area contributed by atoms with Crippen LogP contribution in [0.25, 0.3) is 0 Å². The van der Waals surface area contributed by atoms with Crippen LogP contribution in [0.15, 0.2) is 24.3 Å². The number of nitrogens with one attached hydrogen (secondary N) is 2. The molecular weight excluding hydrogens is 176 g/mol. The molecule has 63 valence electrons. The lowest BCUT2D eigenvalue weighted by molar-refractivity contribution is 0.247. The Balaban J connectivity index is 2.57. The van der Waals surface area contributed by atoms with Gasteiger partial charge < -0.3 is 5.32 Å². The topological polar surface area (TPSA) is 52.9 Å². The van der Waals surface area contributed by atoms with Gasteiger partial charge in [0, 0.05) is 11.6 Å². The number of benzene rings is 1. The fourth-order valence-corrected chi connectivity index (χ4v) is 1.04. The number of rotatable bonds is 2. The molecule has 0 unspecified atom stereocenters. The molecular formula is C8H8ClN2O. The third-order valence-electron chi connectivity index (χ3n) is 1.34. The summed E-state index contributed by atoms with van der Waals surface area (Å²) in [5.41, 5.74) is 7.49. The first-order valence-corrected chi connectivity index (χ1v) is 3.80. The monoisotopic (exact) mass is 183 g/mol. The molecule has 1 aromatic carbocycles. The maximum Gasteiger partial charge on any atom is 0.333 e. The predicted octanol–water partition coefficient (Wildman–Crippen LogP) is 1.83. The average Bonchev–Trinajstić information content (AvgIpc) is 2.01. The molecule has 0 spiro atoms. The molecule has 0 aliphatic heterocycles. The van der Waals surface area contributed by atoms with Gasteiger partial charge in [-0.15, -0.1) is 0 Å². The predicted molar refractivity (Wildman–Crippen MR) is 46.8 cm³/mol. The van der Waals surface area contributed by atoms with Gasteiger partial charge in [-0.2, -0.15) is 0 Å². The van der Waals surface area contributed by atoms with Crippen LogP contribution in [-0.4, -0.2) is 6.03 Å². The van der Waals surface area contributed by atoms with E-state index < -0.39 is 6.03 Å². The summed E-state index contributed by atoms with van der Waals surface area (Å²) in [7, 11) is 0. The summed E-state index contributed by atoms with van der Waals surface area (Å²) in [5.74, 6) is 0. The normalized spacial score (nSPS) is 9.42. The molecule has 0 bridgehead atoms. The highest BCUT2D eigenvalue weighted by Gasteiger charge is 1.95. The quantitative estimate of drug-likeness (QED) is 0.747. The van der Waals surface area contributed by atoms with Crippen LogP contribution in [0, 0.1) is 0 Å². The van der Waals surface area contributed by atoms with Gasteiger partial charge in [-0.3, -0.25) is 0 Å². The maximum absolute atomic E-state index is 10.2. The van der Waals surface area contributed by atoms with E-state index in [1.54, 1.807) is 18.2 Å². The second-order valence-corrected chi connectivity index (χ2v) is 2.75. The van der Waals surface area contributed by atoms with Crippen LogP contribution < -0.4 is 11.1 Å². The molecule has 0 atom stereocenters. The largest absolute Gasteiger partial charge is 0.333 e. The van der Waals surface area contributed by atoms with Crippen molar-refractivity contribution in [1.82, 2.24) is 11.1 Å². The third kappa shape index (κ3) is 2.80. The van der Waals surface area contributed by atoms with E-state index in [2.05, 4.69) is 5.32 Å². The van der Waals surface area contributed by atoms with Gasteiger partial charge in [-0.05, 0) is 17.7 Å². The molecule has 0 saturated carbocycles. The van der Waals surface area contributed by atoms with E-state index in [0.29, 0.717) is 11.6 Å². The van der Waals surface area contributed by atoms with Crippen molar-refractivity contribution in [1.29, 1.82) is 0 Å². The lowest BCUT2D eigenvalue weighted by Gasteiger charge is -2.00. The highest BCUT2D eigenvalue weighted by atomic mass is 35.5. The minimum Gasteiger partial charge on any atom is -0.333 e. The highest BCUT2D eigenvalue weighted by molar-refractivity contribution is 6.30. The molecule has 0 saturated heterocycles. The maximum atomic E-state index is 10.2. The van der Waals surface area contributed by atoms with E-state index in [1.165, 1.54) is 0 Å². The van der Waals surface area contributed by atoms with Crippen molar-refractivity contribution in [2.75, 3.05) is 0 Å². The van der Waals surface area contributed by atoms with Crippen molar-refractivity contribution in [3.8, 4) is 0 Å². The van der Waals surface area contributed by atoms with E-state index in [1.807, 2.05) is 6.07 Å². The molecule has 0 aromatic heterocycles. The molecule has 12 heavy (non-hydrogen) atoms. The zero-order chi connectivity index (χ0) is 8.97. The summed E-state index contributed by atoms with van der Waals surface area (Å²) in [6.07, 6.45) is 0. The summed E-state index contributed by atoms with van der Waals surface area (Å²) in [6, 6.07) is 6.36. The van der Waals surface area contributed by atoms with Gasteiger partial charge in [0.25, 0.3) is 0 Å². The number of halogens is 1. The first kappa shape index (κ1) is 8.87. The van der Waals surface area contributed by atoms with Crippen LogP contribution in [0.4, 0.5) is 4.79 Å². The van der Waals surface area contributed by atoms with Crippen molar-refractivity contribution in [2.45, 2.75) is 6.54 Å². The van der Waals surface area contributed by atoms with Gasteiger partial charge in [-0.25, -0.2) is 10.5 Å². The Hall–Kier alpha value is -1.22. The number of hydrogen-bond donors (Lipinski definition) is 1. The summed E-state index contributed by atoms with van der Waals surface area (Å²) in [5, 5.41) is 2.99. The lowest BCUT2D eigenvalue weighted by atomic mass is 10.2. The van der Waals surface area contributed by atoms with Gasteiger partial charge in [-0.1, -0.05) is 23.7 Å². The first-order chi connectivity index (χ1) is 5.68. The zero-order valence-electron chi connectivity index (χ0n) is 6.30. The van der Waals surface area contributed by atoms with Gasteiger partial charge >= 0.3 is 6.03 Å². The van der Waals surface area contributed by atoms with E-state index in [-0.39, 0.29) is 0 Å². The summed E-state index contributed by atoms with van der Waals surface area (Å²) < 4.78 is 0. The second kappa shape index (κ2) is 3.97. The Bertz CT molecular complexity index is 288. The number of carbonyl (C=O) groups excluding carboxylic acids is 1. The second-order valence-electron chi connectivity index (χ2n) is 2.31. The Morgan fingerprint density at radius 3 is 2.92 bits per heavy atom. The molecule has 2 amide bonds. The Morgan fingerprint density at radius 1 is 1.58 bits per heavy atom.